The lowest BCUT2D eigenvalue weighted by molar-refractivity contribution is -0.143. The number of methoxy groups -OCH3 is 1. The summed E-state index contributed by atoms with van der Waals surface area (Å²) >= 11 is 0. The van der Waals surface area contributed by atoms with Gasteiger partial charge in [-0.05, 0) is 62.3 Å². The van der Waals surface area contributed by atoms with Gasteiger partial charge in [0, 0.05) is 67.9 Å². The van der Waals surface area contributed by atoms with Crippen LogP contribution in [0.1, 0.15) is 75.5 Å². The molecule has 3 atom stereocenters. The van der Waals surface area contributed by atoms with Crippen LogP contribution in [0.2, 0.25) is 0 Å². The van der Waals surface area contributed by atoms with E-state index in [2.05, 4.69) is 19.8 Å². The molecule has 2 aromatic heterocycles. The monoisotopic (exact) mass is 698 g/mol. The van der Waals surface area contributed by atoms with E-state index in [4.69, 9.17) is 4.74 Å². The third-order valence-electron chi connectivity index (χ3n) is 8.63. The zero-order valence-electron chi connectivity index (χ0n) is 27.7. The Balaban J connectivity index is 1.65. The van der Waals surface area contributed by atoms with Crippen LogP contribution in [0.3, 0.4) is 0 Å². The van der Waals surface area contributed by atoms with Gasteiger partial charge in [0.25, 0.3) is 0 Å². The van der Waals surface area contributed by atoms with Crippen LogP contribution in [0.4, 0.5) is 37.1 Å². The number of ether oxygens (including phenoxy) is 2. The van der Waals surface area contributed by atoms with Crippen LogP contribution in [0.5, 0.6) is 0 Å². The number of benzene rings is 1. The first-order valence-electron chi connectivity index (χ1n) is 16.0. The summed E-state index contributed by atoms with van der Waals surface area (Å²) in [6.07, 6.45) is -1.26. The molecular formula is C33H40F6N6O4. The van der Waals surface area contributed by atoms with Gasteiger partial charge in [0.2, 0.25) is 5.95 Å². The molecule has 1 unspecified atom stereocenters. The molecule has 1 aliphatic heterocycles. The number of halogens is 6. The highest BCUT2D eigenvalue weighted by Gasteiger charge is 2.41. The number of carbonyl (C=O) groups is 2. The van der Waals surface area contributed by atoms with E-state index in [-0.39, 0.29) is 55.2 Å². The lowest BCUT2D eigenvalue weighted by Gasteiger charge is -2.47. The molecule has 0 radical (unpaired) electrons. The topological polar surface area (TPSA) is 103 Å². The van der Waals surface area contributed by atoms with E-state index in [1.54, 1.807) is 33.9 Å². The number of carbonyl (C=O) groups excluding carboxylic acids is 2. The van der Waals surface area contributed by atoms with E-state index in [0.717, 1.165) is 5.56 Å². The minimum atomic E-state index is -5.01. The summed E-state index contributed by atoms with van der Waals surface area (Å²) in [5.41, 5.74) is -1.68. The first kappa shape index (κ1) is 37.4. The number of hydrogen-bond donors (Lipinski definition) is 0. The third-order valence-corrected chi connectivity index (χ3v) is 8.63. The number of alkyl halides is 6. The van der Waals surface area contributed by atoms with Crippen LogP contribution in [-0.4, -0.2) is 68.6 Å². The summed E-state index contributed by atoms with van der Waals surface area (Å²) in [4.78, 5) is 37.0. The molecule has 16 heteroatoms. The number of aromatic nitrogens is 4. The Morgan fingerprint density at radius 1 is 0.898 bits per heavy atom. The molecule has 268 valence electrons. The molecule has 3 aromatic rings. The van der Waals surface area contributed by atoms with Gasteiger partial charge < -0.3 is 19.3 Å². The van der Waals surface area contributed by atoms with E-state index < -0.39 is 35.6 Å². The predicted octanol–water partition coefficient (Wildman–Crippen LogP) is 7.42. The molecular weight excluding hydrogens is 658 g/mol. The first-order chi connectivity index (χ1) is 23.1. The third kappa shape index (κ3) is 9.63. The predicted molar refractivity (Wildman–Crippen MR) is 167 cm³/mol. The maximum Gasteiger partial charge on any atom is 0.416 e. The Morgan fingerprint density at radius 2 is 1.49 bits per heavy atom. The molecule has 1 amide bonds. The molecule has 4 rings (SSSR count). The van der Waals surface area contributed by atoms with E-state index in [9.17, 15) is 35.9 Å². The Bertz CT molecular complexity index is 1520. The highest BCUT2D eigenvalue weighted by Crippen LogP contribution is 2.38. The van der Waals surface area contributed by atoms with Crippen molar-refractivity contribution < 1.29 is 45.4 Å². The van der Waals surface area contributed by atoms with E-state index in [1.165, 1.54) is 19.5 Å². The zero-order valence-corrected chi connectivity index (χ0v) is 27.7. The minimum absolute atomic E-state index is 0.100. The summed E-state index contributed by atoms with van der Waals surface area (Å²) in [6.45, 7) is 3.54. The van der Waals surface area contributed by atoms with Gasteiger partial charge in [-0.25, -0.2) is 14.8 Å². The van der Waals surface area contributed by atoms with Crippen LogP contribution in [0.25, 0.3) is 11.1 Å². The van der Waals surface area contributed by atoms with Crippen molar-refractivity contribution in [3.8, 4) is 11.1 Å². The van der Waals surface area contributed by atoms with E-state index in [1.807, 2.05) is 13.8 Å². The Kier molecular flexibility index (Phi) is 12.1. The number of aryl methyl sites for hydroxylation is 1. The van der Waals surface area contributed by atoms with Crippen LogP contribution < -0.4 is 4.90 Å². The number of nitrogens with zero attached hydrogens (tertiary/aromatic N) is 6. The molecule has 1 saturated heterocycles. The van der Waals surface area contributed by atoms with Gasteiger partial charge in [-0.3, -0.25) is 9.48 Å². The van der Waals surface area contributed by atoms with Gasteiger partial charge in [0.05, 0.1) is 31.0 Å². The maximum atomic E-state index is 13.8. The fraction of sp³-hybridized carbons (Fsp3) is 0.545. The minimum Gasteiger partial charge on any atom is -0.469 e. The van der Waals surface area contributed by atoms with Gasteiger partial charge in [-0.15, -0.1) is 0 Å². The van der Waals surface area contributed by atoms with Crippen LogP contribution in [-0.2, 0) is 40.2 Å². The lowest BCUT2D eigenvalue weighted by atomic mass is 9.87. The fourth-order valence-electron chi connectivity index (χ4n) is 6.10. The van der Waals surface area contributed by atoms with Gasteiger partial charge in [-0.1, -0.05) is 13.8 Å². The SMILES string of the molecule is CC[C@@H]1CC(N(Cc2cc(C(F)(F)F)cc(C(F)(F)F)c2)c2ncc(-c3cnn(C)c3)cn2)C[C@H](CC)N1C(=O)OCCCCC(=O)OC. The molecule has 1 aromatic carbocycles. The average molecular weight is 699 g/mol. The summed E-state index contributed by atoms with van der Waals surface area (Å²) in [5, 5.41) is 4.14. The second-order valence-corrected chi connectivity index (χ2v) is 12.0. The quantitative estimate of drug-likeness (QED) is 0.109. The van der Waals surface area contributed by atoms with Gasteiger partial charge in [0.15, 0.2) is 0 Å². The van der Waals surface area contributed by atoms with Crippen LogP contribution >= 0.6 is 0 Å². The number of likely N-dealkylation sites (tertiary alicyclic amines) is 1. The van der Waals surface area contributed by atoms with Crippen molar-refractivity contribution in [3.63, 3.8) is 0 Å². The Hall–Kier alpha value is -4.37. The van der Waals surface area contributed by atoms with Crippen molar-refractivity contribution in [1.82, 2.24) is 24.6 Å². The number of esters is 1. The smallest absolute Gasteiger partial charge is 0.416 e. The van der Waals surface area contributed by atoms with Crippen molar-refractivity contribution >= 4 is 18.0 Å². The Labute approximate surface area is 280 Å². The number of rotatable bonds is 12. The molecule has 1 aliphatic rings. The molecule has 0 saturated carbocycles. The first-order valence-corrected chi connectivity index (χ1v) is 16.0. The Morgan fingerprint density at radius 3 is 1.98 bits per heavy atom. The molecule has 0 N–H and O–H groups in total. The zero-order chi connectivity index (χ0) is 35.9. The molecule has 0 bridgehead atoms. The average Bonchev–Trinajstić information content (AvgIpc) is 3.51. The molecule has 10 nitrogen and oxygen atoms in total. The summed E-state index contributed by atoms with van der Waals surface area (Å²) < 4.78 is 94.4. The number of amides is 1. The number of piperidine rings is 1. The molecule has 0 spiro atoms. The highest BCUT2D eigenvalue weighted by atomic mass is 19.4. The molecule has 0 aliphatic carbocycles. The maximum absolute atomic E-state index is 13.8. The number of hydrogen-bond acceptors (Lipinski definition) is 8. The van der Waals surface area contributed by atoms with Crippen LogP contribution in [0.15, 0.2) is 43.0 Å². The van der Waals surface area contributed by atoms with Gasteiger partial charge in [-0.2, -0.15) is 31.4 Å². The fourth-order valence-corrected chi connectivity index (χ4v) is 6.10. The largest absolute Gasteiger partial charge is 0.469 e. The van der Waals surface area contributed by atoms with Crippen molar-refractivity contribution in [2.24, 2.45) is 7.05 Å². The van der Waals surface area contributed by atoms with Crippen molar-refractivity contribution in [2.45, 2.75) is 95.8 Å². The second kappa shape index (κ2) is 15.9. The van der Waals surface area contributed by atoms with E-state index in [0.29, 0.717) is 56.2 Å². The molecule has 3 heterocycles. The normalized spacial score (nSPS) is 18.3. The van der Waals surface area contributed by atoms with Gasteiger partial charge >= 0.3 is 24.4 Å². The second-order valence-electron chi connectivity index (χ2n) is 12.0. The lowest BCUT2D eigenvalue weighted by Crippen LogP contribution is -2.57. The standard InChI is InChI=1S/C33H40F6N6O4/c1-5-26-14-28(15-27(6-2)45(26)31(47)49-10-8-7-9-29(46)48-4)44(30-40-16-22(17-41-30)23-18-42-43(3)20-23)19-21-11-24(32(34,35)36)13-25(12-21)33(37,38)39/h11-13,16-18,20,26-28H,5-10,14-15,19H2,1-4H3/t26-,27+,28?. The van der Waals surface area contributed by atoms with Crippen LogP contribution in [0, 0.1) is 0 Å². The number of anilines is 1. The number of unbranched alkanes of at least 4 members (excludes halogenated alkanes) is 1. The van der Waals surface area contributed by atoms with Crippen molar-refractivity contribution in [3.05, 3.63) is 59.7 Å². The summed E-state index contributed by atoms with van der Waals surface area (Å²) in [5.74, 6) is -0.236. The van der Waals surface area contributed by atoms with Crippen molar-refractivity contribution in [2.75, 3.05) is 18.6 Å². The van der Waals surface area contributed by atoms with Crippen molar-refractivity contribution in [1.29, 1.82) is 0 Å². The summed E-state index contributed by atoms with van der Waals surface area (Å²) in [7, 11) is 3.04. The summed E-state index contributed by atoms with van der Waals surface area (Å²) in [6, 6.07) is 0.381. The van der Waals surface area contributed by atoms with E-state index >= 15 is 0 Å². The van der Waals surface area contributed by atoms with Gasteiger partial charge in [0.1, 0.15) is 0 Å². The highest BCUT2D eigenvalue weighted by molar-refractivity contribution is 5.69. The molecule has 49 heavy (non-hydrogen) atoms. The molecule has 1 fully saturated rings.